The number of hydrogen-bond acceptors (Lipinski definition) is 4. The summed E-state index contributed by atoms with van der Waals surface area (Å²) in [6.07, 6.45) is 1.09. The van der Waals surface area contributed by atoms with Crippen LogP contribution in [0.2, 0.25) is 5.02 Å². The van der Waals surface area contributed by atoms with Gasteiger partial charge < -0.3 is 10.1 Å². The minimum atomic E-state index is -0.520. The summed E-state index contributed by atoms with van der Waals surface area (Å²) in [6.45, 7) is 6.23. The fourth-order valence-corrected chi connectivity index (χ4v) is 2.60. The zero-order valence-corrected chi connectivity index (χ0v) is 16.3. The number of ether oxygens (including phenoxy) is 1. The Hall–Kier alpha value is -2.86. The highest BCUT2D eigenvalue weighted by atomic mass is 35.5. The van der Waals surface area contributed by atoms with E-state index in [0.29, 0.717) is 28.6 Å². The molecular formula is C20H22ClN3O3. The van der Waals surface area contributed by atoms with Crippen molar-refractivity contribution in [3.05, 3.63) is 58.1 Å². The summed E-state index contributed by atoms with van der Waals surface area (Å²) in [6, 6.07) is 10.8. The van der Waals surface area contributed by atoms with Gasteiger partial charge in [0.05, 0.1) is 12.8 Å². The number of aryl methyl sites for hydroxylation is 2. The summed E-state index contributed by atoms with van der Waals surface area (Å²) in [5.41, 5.74) is 5.68. The molecule has 0 saturated carbocycles. The maximum Gasteiger partial charge on any atom is 0.249 e. The predicted molar refractivity (Wildman–Crippen MR) is 108 cm³/mol. The van der Waals surface area contributed by atoms with Crippen molar-refractivity contribution in [1.82, 2.24) is 5.43 Å². The summed E-state index contributed by atoms with van der Waals surface area (Å²) in [5, 5.41) is 7.12. The molecule has 0 aliphatic heterocycles. The van der Waals surface area contributed by atoms with E-state index in [-0.39, 0.29) is 6.42 Å². The van der Waals surface area contributed by atoms with Crippen LogP contribution in [0.5, 0.6) is 5.75 Å². The molecule has 142 valence electrons. The van der Waals surface area contributed by atoms with Crippen LogP contribution in [0.4, 0.5) is 5.69 Å². The molecule has 0 aliphatic carbocycles. The Kier molecular flexibility index (Phi) is 7.37. The van der Waals surface area contributed by atoms with Crippen molar-refractivity contribution in [3.8, 4) is 5.75 Å². The maximum atomic E-state index is 12.0. The van der Waals surface area contributed by atoms with Crippen molar-refractivity contribution in [2.24, 2.45) is 5.10 Å². The summed E-state index contributed by atoms with van der Waals surface area (Å²) < 4.78 is 5.47. The molecule has 0 spiro atoms. The maximum absolute atomic E-state index is 12.0. The van der Waals surface area contributed by atoms with E-state index in [0.717, 1.165) is 11.1 Å². The highest BCUT2D eigenvalue weighted by Gasteiger charge is 2.10. The van der Waals surface area contributed by atoms with Gasteiger partial charge in [0.15, 0.2) is 0 Å². The van der Waals surface area contributed by atoms with E-state index < -0.39 is 11.8 Å². The van der Waals surface area contributed by atoms with Gasteiger partial charge in [0, 0.05) is 16.3 Å². The average molecular weight is 388 g/mol. The number of anilines is 1. The number of halogens is 1. The van der Waals surface area contributed by atoms with Crippen molar-refractivity contribution >= 4 is 35.3 Å². The van der Waals surface area contributed by atoms with Crippen molar-refractivity contribution in [3.63, 3.8) is 0 Å². The zero-order chi connectivity index (χ0) is 19.8. The van der Waals surface area contributed by atoms with Crippen molar-refractivity contribution in [2.45, 2.75) is 27.2 Å². The summed E-state index contributed by atoms with van der Waals surface area (Å²) in [5.74, 6) is -0.326. The lowest BCUT2D eigenvalue weighted by Gasteiger charge is -2.09. The lowest BCUT2D eigenvalue weighted by molar-refractivity contribution is -0.126. The van der Waals surface area contributed by atoms with E-state index >= 15 is 0 Å². The number of hydrazone groups is 1. The Morgan fingerprint density at radius 2 is 1.93 bits per heavy atom. The summed E-state index contributed by atoms with van der Waals surface area (Å²) in [7, 11) is 0. The smallest absolute Gasteiger partial charge is 0.249 e. The second kappa shape index (κ2) is 9.73. The van der Waals surface area contributed by atoms with Crippen LogP contribution in [0.1, 0.15) is 30.0 Å². The van der Waals surface area contributed by atoms with Gasteiger partial charge in [-0.3, -0.25) is 9.59 Å². The molecule has 27 heavy (non-hydrogen) atoms. The number of amides is 2. The second-order valence-corrected chi connectivity index (χ2v) is 6.39. The van der Waals surface area contributed by atoms with E-state index in [1.165, 1.54) is 6.21 Å². The highest BCUT2D eigenvalue weighted by molar-refractivity contribution is 6.30. The van der Waals surface area contributed by atoms with Crippen LogP contribution < -0.4 is 15.5 Å². The molecule has 0 atom stereocenters. The number of rotatable bonds is 7. The van der Waals surface area contributed by atoms with Crippen LogP contribution >= 0.6 is 11.6 Å². The molecule has 0 unspecified atom stereocenters. The number of benzene rings is 2. The van der Waals surface area contributed by atoms with Gasteiger partial charge in [0.1, 0.15) is 12.2 Å². The standard InChI is InChI=1S/C20H22ClN3O3/c1-4-27-18-8-6-16(21)10-15(18)12-22-24-20(26)11-19(25)23-17-7-5-13(2)9-14(17)3/h5-10,12H,4,11H2,1-3H3,(H,23,25)(H,24,26). The van der Waals surface area contributed by atoms with E-state index in [1.807, 2.05) is 39.0 Å². The molecule has 2 rings (SSSR count). The van der Waals surface area contributed by atoms with Gasteiger partial charge in [0.2, 0.25) is 11.8 Å². The van der Waals surface area contributed by atoms with Crippen LogP contribution in [0, 0.1) is 13.8 Å². The molecule has 2 aromatic carbocycles. The lowest BCUT2D eigenvalue weighted by Crippen LogP contribution is -2.24. The number of nitrogens with zero attached hydrogens (tertiary/aromatic N) is 1. The van der Waals surface area contributed by atoms with Gasteiger partial charge in [-0.25, -0.2) is 5.43 Å². The Balaban J connectivity index is 1.91. The Labute approximate surface area is 163 Å². The van der Waals surface area contributed by atoms with Gasteiger partial charge in [-0.1, -0.05) is 29.3 Å². The molecule has 0 heterocycles. The molecule has 0 fully saturated rings. The average Bonchev–Trinajstić information content (AvgIpc) is 2.60. The molecule has 2 N–H and O–H groups in total. The van der Waals surface area contributed by atoms with Gasteiger partial charge >= 0.3 is 0 Å². The van der Waals surface area contributed by atoms with E-state index in [4.69, 9.17) is 16.3 Å². The first kappa shape index (κ1) is 20.5. The Morgan fingerprint density at radius 1 is 1.15 bits per heavy atom. The minimum absolute atomic E-state index is 0.335. The van der Waals surface area contributed by atoms with Crippen molar-refractivity contribution < 1.29 is 14.3 Å². The fraction of sp³-hybridized carbons (Fsp3) is 0.250. The van der Waals surface area contributed by atoms with Gasteiger partial charge in [-0.05, 0) is 50.6 Å². The molecule has 0 aromatic heterocycles. The van der Waals surface area contributed by atoms with Crippen LogP contribution in [0.15, 0.2) is 41.5 Å². The molecule has 0 aliphatic rings. The molecule has 0 radical (unpaired) electrons. The second-order valence-electron chi connectivity index (χ2n) is 5.95. The minimum Gasteiger partial charge on any atom is -0.493 e. The zero-order valence-electron chi connectivity index (χ0n) is 15.5. The number of hydrogen-bond donors (Lipinski definition) is 2. The number of carbonyl (C=O) groups is 2. The topological polar surface area (TPSA) is 79.8 Å². The molecular weight excluding hydrogens is 366 g/mol. The largest absolute Gasteiger partial charge is 0.493 e. The van der Waals surface area contributed by atoms with Crippen LogP contribution in [-0.4, -0.2) is 24.6 Å². The molecule has 0 bridgehead atoms. The fourth-order valence-electron chi connectivity index (χ4n) is 2.41. The number of carbonyl (C=O) groups excluding carboxylic acids is 2. The van der Waals surface area contributed by atoms with Gasteiger partial charge in [-0.2, -0.15) is 5.10 Å². The lowest BCUT2D eigenvalue weighted by atomic mass is 10.1. The summed E-state index contributed by atoms with van der Waals surface area (Å²) >= 11 is 5.97. The van der Waals surface area contributed by atoms with E-state index in [1.54, 1.807) is 18.2 Å². The third-order valence-electron chi connectivity index (χ3n) is 3.64. The molecule has 2 amide bonds. The molecule has 7 heteroatoms. The normalized spacial score (nSPS) is 10.7. The SMILES string of the molecule is CCOc1ccc(Cl)cc1C=NNC(=O)CC(=O)Nc1ccc(C)cc1C. The van der Waals surface area contributed by atoms with E-state index in [2.05, 4.69) is 15.8 Å². The van der Waals surface area contributed by atoms with Gasteiger partial charge in [0.25, 0.3) is 0 Å². The first-order valence-electron chi connectivity index (χ1n) is 8.50. The molecule has 0 saturated heterocycles. The number of nitrogens with one attached hydrogen (secondary N) is 2. The molecule has 2 aromatic rings. The first-order valence-corrected chi connectivity index (χ1v) is 8.88. The molecule has 6 nitrogen and oxygen atoms in total. The van der Waals surface area contributed by atoms with Gasteiger partial charge in [-0.15, -0.1) is 0 Å². The third-order valence-corrected chi connectivity index (χ3v) is 3.88. The van der Waals surface area contributed by atoms with Crippen LogP contribution in [0.3, 0.4) is 0 Å². The monoisotopic (exact) mass is 387 g/mol. The quantitative estimate of drug-likeness (QED) is 0.430. The predicted octanol–water partition coefficient (Wildman–Crippen LogP) is 3.83. The van der Waals surface area contributed by atoms with E-state index in [9.17, 15) is 9.59 Å². The Bertz CT molecular complexity index is 866. The van der Waals surface area contributed by atoms with Crippen LogP contribution in [-0.2, 0) is 9.59 Å². The van der Waals surface area contributed by atoms with Crippen LogP contribution in [0.25, 0.3) is 0 Å². The van der Waals surface area contributed by atoms with Crippen molar-refractivity contribution in [1.29, 1.82) is 0 Å². The van der Waals surface area contributed by atoms with Crippen molar-refractivity contribution in [2.75, 3.05) is 11.9 Å². The Morgan fingerprint density at radius 3 is 2.63 bits per heavy atom. The summed E-state index contributed by atoms with van der Waals surface area (Å²) in [4.78, 5) is 23.9. The third kappa shape index (κ3) is 6.42. The first-order chi connectivity index (χ1) is 12.9. The highest BCUT2D eigenvalue weighted by Crippen LogP contribution is 2.21.